The van der Waals surface area contributed by atoms with Crippen molar-refractivity contribution < 1.29 is 23.7 Å². The molecule has 3 aromatic rings. The van der Waals surface area contributed by atoms with Gasteiger partial charge >= 0.3 is 0 Å². The second-order valence-corrected chi connectivity index (χ2v) is 13.4. The Morgan fingerprint density at radius 2 is 1.74 bits per heavy atom. The molecular formula is C35H48ClN5O5S. The van der Waals surface area contributed by atoms with E-state index in [-0.39, 0.29) is 0 Å². The van der Waals surface area contributed by atoms with Crippen LogP contribution in [0.4, 0.5) is 5.69 Å². The molecule has 12 heteroatoms. The number of halogens is 1. The highest BCUT2D eigenvalue weighted by molar-refractivity contribution is 7.99. The number of terminal acetylenes is 1. The Bertz CT molecular complexity index is 1430. The number of carbonyl (C=O) groups excluding carboxylic acids is 1. The Labute approximate surface area is 288 Å². The fourth-order valence-corrected chi connectivity index (χ4v) is 6.67. The van der Waals surface area contributed by atoms with Crippen LogP contribution in [0.3, 0.4) is 0 Å². The van der Waals surface area contributed by atoms with Gasteiger partial charge in [-0.05, 0) is 75.0 Å². The number of fused-ring (bicyclic) bond motifs is 1. The first-order chi connectivity index (χ1) is 23.0. The second kappa shape index (κ2) is 20.0. The van der Waals surface area contributed by atoms with Gasteiger partial charge in [0.25, 0.3) is 0 Å². The highest BCUT2D eigenvalue weighted by atomic mass is 35.5. The van der Waals surface area contributed by atoms with Crippen LogP contribution in [-0.4, -0.2) is 117 Å². The Morgan fingerprint density at radius 3 is 2.45 bits per heavy atom. The number of likely N-dealkylation sites (tertiary alicyclic amines) is 1. The van der Waals surface area contributed by atoms with Crippen molar-refractivity contribution in [1.82, 2.24) is 19.4 Å². The summed E-state index contributed by atoms with van der Waals surface area (Å²) in [5, 5.41) is 0.670. The van der Waals surface area contributed by atoms with E-state index in [1.165, 1.54) is 0 Å². The van der Waals surface area contributed by atoms with Gasteiger partial charge in [0.15, 0.2) is 0 Å². The Morgan fingerprint density at radius 1 is 1.04 bits per heavy atom. The molecule has 1 saturated heterocycles. The van der Waals surface area contributed by atoms with Crippen LogP contribution in [0.25, 0.3) is 11.0 Å². The summed E-state index contributed by atoms with van der Waals surface area (Å²) in [6.45, 7) is 7.36. The number of nitrogens with zero attached hydrogens (tertiary/aromatic N) is 5. The SMILES string of the molecule is C#CCOCCOCCOCCOCCSCCCn1c(CN(C)c2cnccc2C2(C=O)CCN(C)CC2)nc2cc(Cl)ccc21. The third kappa shape index (κ3) is 11.2. The molecule has 4 rings (SSSR count). The van der Waals surface area contributed by atoms with Crippen LogP contribution in [0.1, 0.15) is 30.7 Å². The van der Waals surface area contributed by atoms with Crippen LogP contribution < -0.4 is 4.90 Å². The van der Waals surface area contributed by atoms with E-state index in [0.29, 0.717) is 64.4 Å². The number of carbonyl (C=O) groups is 1. The number of anilines is 1. The summed E-state index contributed by atoms with van der Waals surface area (Å²) >= 11 is 8.23. The highest BCUT2D eigenvalue weighted by Gasteiger charge is 2.37. The molecule has 0 radical (unpaired) electrons. The van der Waals surface area contributed by atoms with E-state index in [1.807, 2.05) is 42.2 Å². The molecule has 256 valence electrons. The van der Waals surface area contributed by atoms with Gasteiger partial charge in [-0.2, -0.15) is 11.8 Å². The molecule has 0 unspecified atom stereocenters. The van der Waals surface area contributed by atoms with Crippen molar-refractivity contribution in [2.24, 2.45) is 0 Å². The van der Waals surface area contributed by atoms with Gasteiger partial charge in [-0.25, -0.2) is 4.98 Å². The summed E-state index contributed by atoms with van der Waals surface area (Å²) in [4.78, 5) is 26.4. The number of thioether (sulfide) groups is 1. The van der Waals surface area contributed by atoms with Crippen LogP contribution in [0.15, 0.2) is 36.7 Å². The van der Waals surface area contributed by atoms with Crippen molar-refractivity contribution in [3.8, 4) is 12.3 Å². The normalized spacial score (nSPS) is 14.8. The Balaban J connectivity index is 1.24. The molecule has 0 N–H and O–H groups in total. The van der Waals surface area contributed by atoms with E-state index < -0.39 is 5.41 Å². The zero-order valence-electron chi connectivity index (χ0n) is 27.7. The lowest BCUT2D eigenvalue weighted by atomic mass is 9.73. The first kappa shape index (κ1) is 37.1. The summed E-state index contributed by atoms with van der Waals surface area (Å²) in [5.74, 6) is 5.31. The number of aromatic nitrogens is 3. The predicted molar refractivity (Wildman–Crippen MR) is 190 cm³/mol. The third-order valence-electron chi connectivity index (χ3n) is 8.36. The Hall–Kier alpha value is -2.69. The average Bonchev–Trinajstić information content (AvgIpc) is 3.42. The summed E-state index contributed by atoms with van der Waals surface area (Å²) in [6, 6.07) is 7.91. The van der Waals surface area contributed by atoms with Crippen molar-refractivity contribution >= 4 is 46.4 Å². The molecular weight excluding hydrogens is 638 g/mol. The van der Waals surface area contributed by atoms with E-state index in [1.54, 1.807) is 6.20 Å². The number of pyridine rings is 1. The van der Waals surface area contributed by atoms with Gasteiger partial charge in [0.2, 0.25) is 0 Å². The fraction of sp³-hybridized carbons (Fsp3) is 0.571. The molecule has 0 aliphatic carbocycles. The van der Waals surface area contributed by atoms with Gasteiger partial charge in [0.05, 0.1) is 81.1 Å². The van der Waals surface area contributed by atoms with Gasteiger partial charge in [0, 0.05) is 30.6 Å². The highest BCUT2D eigenvalue weighted by Crippen LogP contribution is 2.38. The summed E-state index contributed by atoms with van der Waals surface area (Å²) in [6.07, 6.45) is 12.5. The zero-order valence-corrected chi connectivity index (χ0v) is 29.3. The first-order valence-electron chi connectivity index (χ1n) is 16.2. The van der Waals surface area contributed by atoms with Crippen molar-refractivity contribution in [2.75, 3.05) is 96.4 Å². The van der Waals surface area contributed by atoms with E-state index >= 15 is 0 Å². The molecule has 3 heterocycles. The van der Waals surface area contributed by atoms with Crippen molar-refractivity contribution in [3.05, 3.63) is 53.1 Å². The fourth-order valence-electron chi connectivity index (χ4n) is 5.74. The lowest BCUT2D eigenvalue weighted by Gasteiger charge is -2.39. The van der Waals surface area contributed by atoms with Crippen molar-refractivity contribution in [3.63, 3.8) is 0 Å². The lowest BCUT2D eigenvalue weighted by Crippen LogP contribution is -2.42. The lowest BCUT2D eigenvalue weighted by molar-refractivity contribution is -0.114. The molecule has 0 bridgehead atoms. The topological polar surface area (TPSA) is 91.2 Å². The molecule has 10 nitrogen and oxygen atoms in total. The number of aryl methyl sites for hydroxylation is 1. The maximum Gasteiger partial charge on any atom is 0.130 e. The number of piperidine rings is 1. The summed E-state index contributed by atoms with van der Waals surface area (Å²) in [7, 11) is 4.16. The van der Waals surface area contributed by atoms with Crippen LogP contribution in [-0.2, 0) is 42.2 Å². The number of hydrogen-bond donors (Lipinski definition) is 0. The molecule has 1 aliphatic heterocycles. The maximum atomic E-state index is 12.5. The number of benzene rings is 1. The number of aldehydes is 1. The minimum absolute atomic E-state index is 0.309. The Kier molecular flexibility index (Phi) is 15.8. The minimum Gasteiger partial charge on any atom is -0.378 e. The second-order valence-electron chi connectivity index (χ2n) is 11.7. The minimum atomic E-state index is -0.505. The smallest absolute Gasteiger partial charge is 0.130 e. The molecule has 0 amide bonds. The molecule has 0 atom stereocenters. The number of imidazole rings is 1. The summed E-state index contributed by atoms with van der Waals surface area (Å²) < 4.78 is 24.1. The molecule has 47 heavy (non-hydrogen) atoms. The molecule has 1 fully saturated rings. The van der Waals surface area contributed by atoms with Gasteiger partial charge in [0.1, 0.15) is 18.7 Å². The molecule has 0 saturated carbocycles. The van der Waals surface area contributed by atoms with E-state index in [0.717, 1.165) is 84.8 Å². The number of hydrogen-bond acceptors (Lipinski definition) is 10. The zero-order chi connectivity index (χ0) is 33.3. The van der Waals surface area contributed by atoms with Crippen molar-refractivity contribution in [2.45, 2.75) is 37.8 Å². The van der Waals surface area contributed by atoms with Gasteiger partial charge in [-0.3, -0.25) is 4.98 Å². The standard InChI is InChI=1S/C35H48ClN5O5S/c1-4-15-43-16-17-44-18-19-45-20-21-46-22-24-47-23-5-12-41-32-7-6-29(36)25-31(32)38-34(41)27-40(3)33-26-37-11-8-30(33)35(28-42)9-13-39(2)14-10-35/h1,6-8,11,25-26,28H,5,9-10,12-24,27H2,2-3H3. The van der Waals surface area contributed by atoms with Crippen LogP contribution >= 0.6 is 23.4 Å². The predicted octanol–water partition coefficient (Wildman–Crippen LogP) is 4.71. The number of ether oxygens (including phenoxy) is 4. The van der Waals surface area contributed by atoms with Gasteiger partial charge in [-0.1, -0.05) is 17.5 Å². The van der Waals surface area contributed by atoms with E-state index in [2.05, 4.69) is 39.4 Å². The number of rotatable bonds is 22. The van der Waals surface area contributed by atoms with Crippen LogP contribution in [0.2, 0.25) is 5.02 Å². The van der Waals surface area contributed by atoms with Gasteiger partial charge < -0.3 is 38.1 Å². The van der Waals surface area contributed by atoms with E-state index in [4.69, 9.17) is 42.0 Å². The van der Waals surface area contributed by atoms with Gasteiger partial charge in [-0.15, -0.1) is 6.42 Å². The largest absolute Gasteiger partial charge is 0.378 e. The first-order valence-corrected chi connectivity index (χ1v) is 17.8. The van der Waals surface area contributed by atoms with E-state index in [9.17, 15) is 4.79 Å². The van der Waals surface area contributed by atoms with Crippen molar-refractivity contribution in [1.29, 1.82) is 0 Å². The molecule has 1 aliphatic rings. The summed E-state index contributed by atoms with van der Waals surface area (Å²) in [5.41, 5.74) is 3.46. The van der Waals surface area contributed by atoms with Crippen LogP contribution in [0, 0.1) is 12.3 Å². The third-order valence-corrected chi connectivity index (χ3v) is 9.63. The molecule has 1 aromatic carbocycles. The molecule has 0 spiro atoms. The maximum absolute atomic E-state index is 12.5. The average molecular weight is 686 g/mol. The molecule has 2 aromatic heterocycles. The monoisotopic (exact) mass is 685 g/mol. The quantitative estimate of drug-likeness (QED) is 0.0842. The van der Waals surface area contributed by atoms with Crippen LogP contribution in [0.5, 0.6) is 0 Å².